The van der Waals surface area contributed by atoms with Crippen LogP contribution >= 0.6 is 0 Å². The van der Waals surface area contributed by atoms with Gasteiger partial charge in [0.2, 0.25) is 0 Å². The molecule has 0 fully saturated rings. The fourth-order valence-corrected chi connectivity index (χ4v) is 2.42. The number of hydrogen-bond acceptors (Lipinski definition) is 9. The molecule has 2 N–H and O–H groups in total. The van der Waals surface area contributed by atoms with Crippen LogP contribution in [0.5, 0.6) is 0 Å². The van der Waals surface area contributed by atoms with Gasteiger partial charge in [0.15, 0.2) is 5.78 Å². The van der Waals surface area contributed by atoms with Crippen molar-refractivity contribution < 1.29 is 24.7 Å². The normalized spacial score (nSPS) is 13.5. The van der Waals surface area contributed by atoms with Crippen molar-refractivity contribution in [2.24, 2.45) is 20.3 Å². The van der Waals surface area contributed by atoms with Gasteiger partial charge in [-0.05, 0) is 13.8 Å². The molecule has 0 saturated carbocycles. The fraction of sp³-hybridized carbons (Fsp3) is 0.421. The van der Waals surface area contributed by atoms with Gasteiger partial charge in [-0.3, -0.25) is 14.8 Å². The van der Waals surface area contributed by atoms with Crippen molar-refractivity contribution >= 4 is 28.6 Å². The third kappa shape index (κ3) is 6.67. The molecule has 9 nitrogen and oxygen atoms in total. The Hall–Kier alpha value is -2.91. The Labute approximate surface area is 164 Å². The Balaban J connectivity index is 3.06. The van der Waals surface area contributed by atoms with E-state index in [0.717, 1.165) is 0 Å². The highest BCUT2D eigenvalue weighted by Gasteiger charge is 2.16. The molecule has 0 aliphatic rings. The van der Waals surface area contributed by atoms with Gasteiger partial charge in [-0.15, -0.1) is 0 Å². The molecule has 0 atom stereocenters. The highest BCUT2D eigenvalue weighted by molar-refractivity contribution is 6.67. The molecule has 0 aromatic heterocycles. The van der Waals surface area contributed by atoms with Crippen LogP contribution in [0, 0.1) is 0 Å². The van der Waals surface area contributed by atoms with E-state index in [-0.39, 0.29) is 24.5 Å². The Morgan fingerprint density at radius 3 is 2.29 bits per heavy atom. The van der Waals surface area contributed by atoms with E-state index >= 15 is 0 Å². The number of carbonyl (C=O) groups is 1. The number of aliphatic hydroxyl groups excluding tert-OH is 2. The van der Waals surface area contributed by atoms with Crippen LogP contribution < -0.4 is 0 Å². The van der Waals surface area contributed by atoms with Gasteiger partial charge in [-0.25, -0.2) is 0 Å². The maximum Gasteiger partial charge on any atom is 0.181 e. The molecule has 0 saturated heterocycles. The standard InChI is InChI=1S/C19H26N4O5/c1-5-17(26)19(21-12-25)16-9-7-6-8-15(16)10-28-23-14(3)18(20-11-24)13(2)22-27-4/h6-9,24-25H,5,10-12H2,1-4H3/b20-18?,21-19?,22-13+,23-14+. The Morgan fingerprint density at radius 1 is 1.04 bits per heavy atom. The first-order valence-corrected chi connectivity index (χ1v) is 8.67. The molecule has 0 bridgehead atoms. The second-order valence-corrected chi connectivity index (χ2v) is 5.54. The molecule has 0 unspecified atom stereocenters. The Bertz CT molecular complexity index is 784. The predicted molar refractivity (Wildman–Crippen MR) is 108 cm³/mol. The number of carbonyl (C=O) groups excluding carboxylic acids is 1. The van der Waals surface area contributed by atoms with Gasteiger partial charge < -0.3 is 19.9 Å². The first-order chi connectivity index (χ1) is 13.5. The summed E-state index contributed by atoms with van der Waals surface area (Å²) in [4.78, 5) is 30.1. The lowest BCUT2D eigenvalue weighted by molar-refractivity contribution is -0.112. The summed E-state index contributed by atoms with van der Waals surface area (Å²) in [7, 11) is 1.41. The topological polar surface area (TPSA) is 125 Å². The molecule has 9 heteroatoms. The van der Waals surface area contributed by atoms with Crippen LogP contribution in [0.4, 0.5) is 0 Å². The minimum atomic E-state index is -0.480. The zero-order chi connectivity index (χ0) is 20.9. The molecule has 152 valence electrons. The van der Waals surface area contributed by atoms with E-state index in [1.165, 1.54) is 7.11 Å². The molecular weight excluding hydrogens is 364 g/mol. The van der Waals surface area contributed by atoms with Crippen LogP contribution in [-0.2, 0) is 21.1 Å². The zero-order valence-electron chi connectivity index (χ0n) is 16.5. The fourth-order valence-electron chi connectivity index (χ4n) is 2.42. The van der Waals surface area contributed by atoms with Gasteiger partial charge in [0, 0.05) is 17.5 Å². The zero-order valence-corrected chi connectivity index (χ0v) is 16.5. The summed E-state index contributed by atoms with van der Waals surface area (Å²) in [6, 6.07) is 7.11. The van der Waals surface area contributed by atoms with Crippen molar-refractivity contribution in [3.8, 4) is 0 Å². The van der Waals surface area contributed by atoms with Crippen LogP contribution in [0.15, 0.2) is 44.6 Å². The molecular formula is C19H26N4O5. The van der Waals surface area contributed by atoms with E-state index in [1.807, 2.05) is 0 Å². The van der Waals surface area contributed by atoms with E-state index in [4.69, 9.17) is 19.9 Å². The average Bonchev–Trinajstić information content (AvgIpc) is 2.70. The van der Waals surface area contributed by atoms with Crippen LogP contribution in [0.25, 0.3) is 0 Å². The van der Waals surface area contributed by atoms with Crippen LogP contribution in [0.1, 0.15) is 38.3 Å². The molecule has 0 amide bonds. The summed E-state index contributed by atoms with van der Waals surface area (Å²) >= 11 is 0. The monoisotopic (exact) mass is 390 g/mol. The molecule has 0 radical (unpaired) electrons. The van der Waals surface area contributed by atoms with E-state index < -0.39 is 13.5 Å². The van der Waals surface area contributed by atoms with Crippen LogP contribution in [0.3, 0.4) is 0 Å². The van der Waals surface area contributed by atoms with E-state index in [9.17, 15) is 4.79 Å². The quantitative estimate of drug-likeness (QED) is 0.439. The first-order valence-electron chi connectivity index (χ1n) is 8.67. The second-order valence-electron chi connectivity index (χ2n) is 5.54. The first kappa shape index (κ1) is 23.1. The van der Waals surface area contributed by atoms with Crippen molar-refractivity contribution in [3.05, 3.63) is 35.4 Å². The lowest BCUT2D eigenvalue weighted by atomic mass is 9.99. The Kier molecular flexibility index (Phi) is 10.3. The van der Waals surface area contributed by atoms with E-state index in [1.54, 1.807) is 45.0 Å². The summed E-state index contributed by atoms with van der Waals surface area (Å²) in [6.07, 6.45) is 0.268. The maximum atomic E-state index is 12.2. The molecule has 28 heavy (non-hydrogen) atoms. The SMILES string of the molecule is CCC(=O)C(=NCO)c1ccccc1CO/N=C(\C)C(=NCO)/C(C)=N/OC. The largest absolute Gasteiger partial charge is 0.399 e. The van der Waals surface area contributed by atoms with Gasteiger partial charge in [-0.1, -0.05) is 41.5 Å². The molecule has 1 aromatic rings. The highest BCUT2D eigenvalue weighted by Crippen LogP contribution is 2.14. The summed E-state index contributed by atoms with van der Waals surface area (Å²) in [6.45, 7) is 4.22. The minimum absolute atomic E-state index is 0.0713. The Morgan fingerprint density at radius 2 is 1.68 bits per heavy atom. The smallest absolute Gasteiger partial charge is 0.181 e. The third-order valence-electron chi connectivity index (χ3n) is 3.65. The van der Waals surface area contributed by atoms with Crippen molar-refractivity contribution in [1.29, 1.82) is 0 Å². The number of aliphatic hydroxyl groups is 2. The van der Waals surface area contributed by atoms with E-state index in [0.29, 0.717) is 28.3 Å². The van der Waals surface area contributed by atoms with Crippen LogP contribution in [0.2, 0.25) is 0 Å². The number of aliphatic imine (C=N–C) groups is 2. The van der Waals surface area contributed by atoms with Gasteiger partial charge in [0.05, 0.1) is 0 Å². The number of ketones is 1. The average molecular weight is 390 g/mol. The molecule has 1 rings (SSSR count). The minimum Gasteiger partial charge on any atom is -0.399 e. The summed E-state index contributed by atoms with van der Waals surface area (Å²) in [5, 5.41) is 26.0. The molecule has 0 spiro atoms. The molecule has 0 aliphatic heterocycles. The van der Waals surface area contributed by atoms with Crippen molar-refractivity contribution in [1.82, 2.24) is 0 Å². The number of rotatable bonds is 11. The lowest BCUT2D eigenvalue weighted by Gasteiger charge is -2.11. The highest BCUT2D eigenvalue weighted by atomic mass is 16.6. The second kappa shape index (κ2) is 12.5. The summed E-state index contributed by atoms with van der Waals surface area (Å²) in [5.74, 6) is -0.176. The number of oxime groups is 2. The number of Topliss-reactive ketones (excluding diaryl/α,β-unsaturated/α-hetero) is 1. The molecule has 1 aromatic carbocycles. The van der Waals surface area contributed by atoms with Crippen LogP contribution in [-0.4, -0.2) is 59.4 Å². The van der Waals surface area contributed by atoms with Crippen molar-refractivity contribution in [2.45, 2.75) is 33.8 Å². The number of benzene rings is 1. The van der Waals surface area contributed by atoms with Crippen molar-refractivity contribution in [3.63, 3.8) is 0 Å². The summed E-state index contributed by atoms with van der Waals surface area (Å²) < 4.78 is 0. The molecule has 0 aliphatic carbocycles. The number of hydrogen-bond donors (Lipinski definition) is 2. The lowest BCUT2D eigenvalue weighted by Crippen LogP contribution is -2.21. The summed E-state index contributed by atoms with van der Waals surface area (Å²) in [5.41, 5.74) is 2.66. The molecule has 0 heterocycles. The maximum absolute atomic E-state index is 12.2. The van der Waals surface area contributed by atoms with Gasteiger partial charge in [-0.2, -0.15) is 0 Å². The van der Waals surface area contributed by atoms with Gasteiger partial charge in [0.1, 0.15) is 50.0 Å². The number of nitrogens with zero attached hydrogens (tertiary/aromatic N) is 4. The van der Waals surface area contributed by atoms with Gasteiger partial charge >= 0.3 is 0 Å². The third-order valence-corrected chi connectivity index (χ3v) is 3.65. The van der Waals surface area contributed by atoms with E-state index in [2.05, 4.69) is 20.3 Å². The predicted octanol–water partition coefficient (Wildman–Crippen LogP) is 1.71. The van der Waals surface area contributed by atoms with Gasteiger partial charge in [0.25, 0.3) is 0 Å². The van der Waals surface area contributed by atoms with Crippen molar-refractivity contribution in [2.75, 3.05) is 20.6 Å².